The van der Waals surface area contributed by atoms with E-state index in [0.29, 0.717) is 22.0 Å². The first-order valence-electron chi connectivity index (χ1n) is 10.2. The smallest absolute Gasteiger partial charge is 0.266 e. The van der Waals surface area contributed by atoms with Gasteiger partial charge in [0.2, 0.25) is 0 Å². The van der Waals surface area contributed by atoms with Crippen LogP contribution in [-0.4, -0.2) is 5.91 Å². The maximum Gasteiger partial charge on any atom is 0.266 e. The highest BCUT2D eigenvalue weighted by Gasteiger charge is 2.14. The number of hydrogen-bond acceptors (Lipinski definition) is 3. The molecule has 0 aliphatic heterocycles. The number of amides is 1. The van der Waals surface area contributed by atoms with E-state index < -0.39 is 5.91 Å². The Balaban J connectivity index is 1.53. The van der Waals surface area contributed by atoms with Crippen molar-refractivity contribution in [3.05, 3.63) is 111 Å². The van der Waals surface area contributed by atoms with Gasteiger partial charge in [-0.25, -0.2) is 0 Å². The Kier molecular flexibility index (Phi) is 7.40. The van der Waals surface area contributed by atoms with E-state index in [1.54, 1.807) is 36.4 Å². The maximum atomic E-state index is 12.5. The molecule has 0 aliphatic rings. The van der Waals surface area contributed by atoms with Crippen molar-refractivity contribution in [1.29, 1.82) is 5.26 Å². The zero-order valence-corrected chi connectivity index (χ0v) is 20.0. The summed E-state index contributed by atoms with van der Waals surface area (Å²) in [7, 11) is 0. The Labute approximate surface area is 211 Å². The lowest BCUT2D eigenvalue weighted by Gasteiger charge is -2.13. The Bertz CT molecular complexity index is 1430. The summed E-state index contributed by atoms with van der Waals surface area (Å²) in [6, 6.07) is 25.8. The van der Waals surface area contributed by atoms with Crippen LogP contribution in [0.15, 0.2) is 84.4 Å². The molecule has 0 saturated carbocycles. The average Bonchev–Trinajstić information content (AvgIpc) is 2.82. The van der Waals surface area contributed by atoms with Crippen molar-refractivity contribution in [1.82, 2.24) is 0 Å². The third kappa shape index (κ3) is 5.52. The van der Waals surface area contributed by atoms with Gasteiger partial charge >= 0.3 is 0 Å². The lowest BCUT2D eigenvalue weighted by molar-refractivity contribution is -0.112. The summed E-state index contributed by atoms with van der Waals surface area (Å²) in [5.41, 5.74) is 1.85. The number of rotatable bonds is 6. The van der Waals surface area contributed by atoms with Crippen molar-refractivity contribution in [2.45, 2.75) is 6.61 Å². The quantitative estimate of drug-likeness (QED) is 0.213. The van der Waals surface area contributed by atoms with Gasteiger partial charge in [-0.1, -0.05) is 83.3 Å². The molecule has 0 aromatic heterocycles. The Morgan fingerprint density at radius 2 is 1.65 bits per heavy atom. The molecule has 0 saturated heterocycles. The van der Waals surface area contributed by atoms with Crippen LogP contribution in [0.3, 0.4) is 0 Å². The van der Waals surface area contributed by atoms with Gasteiger partial charge in [0, 0.05) is 10.7 Å². The summed E-state index contributed by atoms with van der Waals surface area (Å²) in [5, 5.41) is 15.3. The minimum absolute atomic E-state index is 0.114. The SMILES string of the molecule is N#C/C(=C\c1cc(Cl)c(OCc2cccc3ccccc23)c(Cl)c1)C(=O)Nc1cccc(Cl)c1. The number of nitrogens with one attached hydrogen (secondary N) is 1. The second-order valence-electron chi connectivity index (χ2n) is 7.37. The molecule has 0 aliphatic carbocycles. The third-order valence-corrected chi connectivity index (χ3v) is 5.83. The predicted octanol–water partition coefficient (Wildman–Crippen LogP) is 7.92. The van der Waals surface area contributed by atoms with Crippen LogP contribution in [-0.2, 0) is 11.4 Å². The molecule has 0 fully saturated rings. The van der Waals surface area contributed by atoms with E-state index in [1.807, 2.05) is 48.5 Å². The van der Waals surface area contributed by atoms with Crippen molar-refractivity contribution in [2.75, 3.05) is 5.32 Å². The number of anilines is 1. The van der Waals surface area contributed by atoms with Crippen LogP contribution >= 0.6 is 34.8 Å². The molecule has 1 amide bonds. The Hall–Kier alpha value is -3.49. The lowest BCUT2D eigenvalue weighted by atomic mass is 10.1. The van der Waals surface area contributed by atoms with Gasteiger partial charge in [0.1, 0.15) is 18.2 Å². The van der Waals surface area contributed by atoms with Crippen molar-refractivity contribution < 1.29 is 9.53 Å². The number of hydrogen-bond donors (Lipinski definition) is 1. The van der Waals surface area contributed by atoms with Gasteiger partial charge in [0.15, 0.2) is 5.75 Å². The number of nitriles is 1. The van der Waals surface area contributed by atoms with Gasteiger partial charge in [0.25, 0.3) is 5.91 Å². The number of carbonyl (C=O) groups is 1. The monoisotopic (exact) mass is 506 g/mol. The molecule has 0 atom stereocenters. The zero-order chi connectivity index (χ0) is 24.1. The molecule has 0 spiro atoms. The van der Waals surface area contributed by atoms with Crippen LogP contribution in [0, 0.1) is 11.3 Å². The number of fused-ring (bicyclic) bond motifs is 1. The standard InChI is InChI=1S/C27H17Cl3N2O2/c28-21-8-4-9-22(14-21)32-27(33)20(15-31)11-17-12-24(29)26(25(30)13-17)34-16-19-7-3-6-18-5-1-2-10-23(18)19/h1-14H,16H2,(H,32,33)/b20-11+. The largest absolute Gasteiger partial charge is 0.486 e. The zero-order valence-electron chi connectivity index (χ0n) is 17.7. The molecule has 168 valence electrons. The van der Waals surface area contributed by atoms with Gasteiger partial charge in [0.05, 0.1) is 10.0 Å². The molecular weight excluding hydrogens is 491 g/mol. The van der Waals surface area contributed by atoms with Crippen LogP contribution in [0.25, 0.3) is 16.8 Å². The van der Waals surface area contributed by atoms with Crippen LogP contribution in [0.5, 0.6) is 5.75 Å². The predicted molar refractivity (Wildman–Crippen MR) is 138 cm³/mol. The second-order valence-corrected chi connectivity index (χ2v) is 8.63. The summed E-state index contributed by atoms with van der Waals surface area (Å²) in [4.78, 5) is 12.5. The van der Waals surface area contributed by atoms with E-state index >= 15 is 0 Å². The van der Waals surface area contributed by atoms with E-state index in [2.05, 4.69) is 5.32 Å². The second kappa shape index (κ2) is 10.6. The highest BCUT2D eigenvalue weighted by Crippen LogP contribution is 2.36. The molecule has 7 heteroatoms. The van der Waals surface area contributed by atoms with E-state index in [9.17, 15) is 10.1 Å². The van der Waals surface area contributed by atoms with Crippen molar-refractivity contribution in [3.8, 4) is 11.8 Å². The van der Waals surface area contributed by atoms with E-state index in [1.165, 1.54) is 6.08 Å². The van der Waals surface area contributed by atoms with Crippen LogP contribution in [0.2, 0.25) is 15.1 Å². The summed E-state index contributed by atoms with van der Waals surface area (Å²) < 4.78 is 5.94. The average molecular weight is 508 g/mol. The lowest BCUT2D eigenvalue weighted by Crippen LogP contribution is -2.13. The first-order chi connectivity index (χ1) is 16.4. The van der Waals surface area contributed by atoms with Crippen molar-refractivity contribution >= 4 is 63.2 Å². The minimum Gasteiger partial charge on any atom is -0.486 e. The van der Waals surface area contributed by atoms with Gasteiger partial charge in [-0.2, -0.15) is 5.26 Å². The first kappa shape index (κ1) is 23.7. The van der Waals surface area contributed by atoms with Gasteiger partial charge in [-0.15, -0.1) is 0 Å². The molecule has 4 aromatic rings. The van der Waals surface area contributed by atoms with Crippen LogP contribution < -0.4 is 10.1 Å². The highest BCUT2D eigenvalue weighted by atomic mass is 35.5. The Morgan fingerprint density at radius 1 is 0.941 bits per heavy atom. The van der Waals surface area contributed by atoms with Gasteiger partial charge in [-0.05, 0) is 58.3 Å². The molecule has 4 aromatic carbocycles. The molecular formula is C27H17Cl3N2O2. The van der Waals surface area contributed by atoms with Crippen molar-refractivity contribution in [2.24, 2.45) is 0 Å². The van der Waals surface area contributed by atoms with E-state index in [0.717, 1.165) is 16.3 Å². The molecule has 4 rings (SSSR count). The molecule has 0 bridgehead atoms. The minimum atomic E-state index is -0.576. The summed E-state index contributed by atoms with van der Waals surface area (Å²) in [6.45, 7) is 0.279. The summed E-state index contributed by atoms with van der Waals surface area (Å²) in [6.07, 6.45) is 1.41. The van der Waals surface area contributed by atoms with Crippen LogP contribution in [0.4, 0.5) is 5.69 Å². The third-order valence-electron chi connectivity index (χ3n) is 5.03. The number of benzene rings is 4. The Morgan fingerprint density at radius 3 is 2.38 bits per heavy atom. The fraction of sp³-hybridized carbons (Fsp3) is 0.0370. The first-order valence-corrected chi connectivity index (χ1v) is 11.3. The summed E-state index contributed by atoms with van der Waals surface area (Å²) >= 11 is 18.8. The molecule has 0 radical (unpaired) electrons. The number of halogens is 3. The normalized spacial score (nSPS) is 11.2. The molecule has 0 heterocycles. The molecule has 4 nitrogen and oxygen atoms in total. The topological polar surface area (TPSA) is 62.1 Å². The molecule has 1 N–H and O–H groups in total. The van der Waals surface area contributed by atoms with Gasteiger partial charge < -0.3 is 10.1 Å². The number of carbonyl (C=O) groups excluding carboxylic acids is 1. The van der Waals surface area contributed by atoms with Crippen molar-refractivity contribution in [3.63, 3.8) is 0 Å². The molecule has 34 heavy (non-hydrogen) atoms. The van der Waals surface area contributed by atoms with Gasteiger partial charge in [-0.3, -0.25) is 4.79 Å². The maximum absolute atomic E-state index is 12.5. The highest BCUT2D eigenvalue weighted by molar-refractivity contribution is 6.37. The summed E-state index contributed by atoms with van der Waals surface area (Å²) in [5.74, 6) is -0.247. The fourth-order valence-corrected chi connectivity index (χ4v) is 4.25. The van der Waals surface area contributed by atoms with E-state index in [-0.39, 0.29) is 22.2 Å². The number of ether oxygens (including phenoxy) is 1. The van der Waals surface area contributed by atoms with Crippen LogP contribution in [0.1, 0.15) is 11.1 Å². The fourth-order valence-electron chi connectivity index (χ4n) is 3.45. The van der Waals surface area contributed by atoms with E-state index in [4.69, 9.17) is 39.5 Å². The molecule has 0 unspecified atom stereocenters. The number of nitrogens with zero attached hydrogens (tertiary/aromatic N) is 1.